The minimum absolute atomic E-state index is 0.175. The number of benzene rings is 2. The molecule has 0 saturated heterocycles. The number of amides is 1. The molecule has 37 heavy (non-hydrogen) atoms. The number of sulfonamides is 1. The number of ether oxygens (including phenoxy) is 1. The Hall–Kier alpha value is -3.34. The predicted molar refractivity (Wildman–Crippen MR) is 147 cm³/mol. The average Bonchev–Trinajstić information content (AvgIpc) is 3.35. The van der Waals surface area contributed by atoms with E-state index in [0.717, 1.165) is 23.1 Å². The zero-order valence-corrected chi connectivity index (χ0v) is 22.8. The van der Waals surface area contributed by atoms with Gasteiger partial charge in [-0.15, -0.1) is 0 Å². The van der Waals surface area contributed by atoms with Gasteiger partial charge in [0.15, 0.2) is 5.13 Å². The molecule has 0 spiro atoms. The summed E-state index contributed by atoms with van der Waals surface area (Å²) in [5.41, 5.74) is 1.83. The number of aromatic nitrogens is 2. The Morgan fingerprint density at radius 2 is 1.73 bits per heavy atom. The zero-order chi connectivity index (χ0) is 26.4. The molecule has 0 aliphatic heterocycles. The van der Waals surface area contributed by atoms with Gasteiger partial charge < -0.3 is 4.74 Å². The maximum absolute atomic E-state index is 13.7. The van der Waals surface area contributed by atoms with Crippen LogP contribution in [0.2, 0.25) is 0 Å². The molecule has 0 fully saturated rings. The second kappa shape index (κ2) is 11.8. The number of hydrogen-bond donors (Lipinski definition) is 0. The van der Waals surface area contributed by atoms with Crippen LogP contribution < -0.4 is 9.64 Å². The number of nitrogens with zero attached hydrogens (tertiary/aromatic N) is 4. The van der Waals surface area contributed by atoms with Gasteiger partial charge in [0, 0.05) is 24.8 Å². The SMILES string of the molecule is CCCN(CCC)S(=O)(=O)c1ccc(C(=O)N(Cc2ccccn2)c2nc3ccc(OC)cc3s2)cc1. The van der Waals surface area contributed by atoms with Crippen molar-refractivity contribution in [3.05, 3.63) is 78.1 Å². The van der Waals surface area contributed by atoms with Crippen molar-refractivity contribution in [2.75, 3.05) is 25.1 Å². The van der Waals surface area contributed by atoms with Crippen LogP contribution in [0.1, 0.15) is 42.7 Å². The first-order valence-electron chi connectivity index (χ1n) is 12.1. The fraction of sp³-hybridized carbons (Fsp3) is 0.296. The number of hydrogen-bond acceptors (Lipinski definition) is 7. The van der Waals surface area contributed by atoms with E-state index in [9.17, 15) is 13.2 Å². The van der Waals surface area contributed by atoms with Crippen molar-refractivity contribution >= 4 is 42.6 Å². The van der Waals surface area contributed by atoms with Crippen LogP contribution >= 0.6 is 11.3 Å². The van der Waals surface area contributed by atoms with Crippen LogP contribution in [-0.4, -0.2) is 48.8 Å². The molecule has 2 aromatic heterocycles. The lowest BCUT2D eigenvalue weighted by molar-refractivity contribution is 0.0984. The van der Waals surface area contributed by atoms with Crippen molar-refractivity contribution in [3.63, 3.8) is 0 Å². The highest BCUT2D eigenvalue weighted by Crippen LogP contribution is 2.33. The first-order valence-corrected chi connectivity index (χ1v) is 14.4. The molecular formula is C27H30N4O4S2. The van der Waals surface area contributed by atoms with Crippen molar-refractivity contribution in [2.45, 2.75) is 38.1 Å². The predicted octanol–water partition coefficient (Wildman–Crippen LogP) is 5.36. The minimum Gasteiger partial charge on any atom is -0.497 e. The Kier molecular flexibility index (Phi) is 8.52. The smallest absolute Gasteiger partial charge is 0.260 e. The lowest BCUT2D eigenvalue weighted by atomic mass is 10.2. The Morgan fingerprint density at radius 1 is 1.00 bits per heavy atom. The minimum atomic E-state index is -3.64. The van der Waals surface area contributed by atoms with Crippen LogP contribution in [0.4, 0.5) is 5.13 Å². The number of anilines is 1. The Labute approximate surface area is 221 Å². The summed E-state index contributed by atoms with van der Waals surface area (Å²) in [4.78, 5) is 24.5. The lowest BCUT2D eigenvalue weighted by Gasteiger charge is -2.22. The first-order chi connectivity index (χ1) is 17.9. The van der Waals surface area contributed by atoms with Crippen LogP contribution in [0.25, 0.3) is 10.2 Å². The van der Waals surface area contributed by atoms with Gasteiger partial charge in [0.25, 0.3) is 5.91 Å². The van der Waals surface area contributed by atoms with Gasteiger partial charge in [0.2, 0.25) is 10.0 Å². The molecular weight excluding hydrogens is 508 g/mol. The van der Waals surface area contributed by atoms with Crippen LogP contribution in [0.3, 0.4) is 0 Å². The maximum Gasteiger partial charge on any atom is 0.260 e. The molecule has 4 aromatic rings. The summed E-state index contributed by atoms with van der Waals surface area (Å²) in [6.45, 7) is 5.04. The molecule has 0 aliphatic rings. The molecule has 0 radical (unpaired) electrons. The van der Waals surface area contributed by atoms with E-state index in [1.165, 1.54) is 27.8 Å². The van der Waals surface area contributed by atoms with E-state index in [0.29, 0.717) is 35.2 Å². The summed E-state index contributed by atoms with van der Waals surface area (Å²) in [6.07, 6.45) is 3.14. The molecule has 4 rings (SSSR count). The third-order valence-electron chi connectivity index (χ3n) is 5.79. The Balaban J connectivity index is 1.68. The summed E-state index contributed by atoms with van der Waals surface area (Å²) in [5.74, 6) is 0.418. The van der Waals surface area contributed by atoms with Gasteiger partial charge in [-0.05, 0) is 67.4 Å². The molecule has 0 aliphatic carbocycles. The Morgan fingerprint density at radius 3 is 2.35 bits per heavy atom. The number of thiazole rings is 1. The summed E-state index contributed by atoms with van der Waals surface area (Å²) in [5, 5.41) is 0.521. The van der Waals surface area contributed by atoms with Gasteiger partial charge in [-0.1, -0.05) is 31.3 Å². The summed E-state index contributed by atoms with van der Waals surface area (Å²) < 4.78 is 34.0. The number of pyridine rings is 1. The second-order valence-corrected chi connectivity index (χ2v) is 11.4. The quantitative estimate of drug-likeness (QED) is 0.255. The van der Waals surface area contributed by atoms with Crippen molar-refractivity contribution in [1.82, 2.24) is 14.3 Å². The highest BCUT2D eigenvalue weighted by Gasteiger charge is 2.26. The van der Waals surface area contributed by atoms with Crippen LogP contribution in [0, 0.1) is 0 Å². The van der Waals surface area contributed by atoms with Gasteiger partial charge in [-0.25, -0.2) is 13.4 Å². The van der Waals surface area contributed by atoms with E-state index in [2.05, 4.69) is 9.97 Å². The third-order valence-corrected chi connectivity index (χ3v) is 8.75. The first kappa shape index (κ1) is 26.7. The molecule has 10 heteroatoms. The van der Waals surface area contributed by atoms with Crippen molar-refractivity contribution < 1.29 is 17.9 Å². The van der Waals surface area contributed by atoms with E-state index in [4.69, 9.17) is 4.74 Å². The molecule has 2 aromatic carbocycles. The van der Waals surface area contributed by atoms with E-state index in [1.807, 2.05) is 50.2 Å². The molecule has 0 bridgehead atoms. The number of methoxy groups -OCH3 is 1. The second-order valence-electron chi connectivity index (χ2n) is 8.47. The maximum atomic E-state index is 13.7. The van der Waals surface area contributed by atoms with Crippen LogP contribution in [0.15, 0.2) is 71.8 Å². The van der Waals surface area contributed by atoms with Crippen LogP contribution in [-0.2, 0) is 16.6 Å². The fourth-order valence-electron chi connectivity index (χ4n) is 3.94. The fourth-order valence-corrected chi connectivity index (χ4v) is 6.56. The summed E-state index contributed by atoms with van der Waals surface area (Å²) in [7, 11) is -2.03. The summed E-state index contributed by atoms with van der Waals surface area (Å²) >= 11 is 1.38. The van der Waals surface area contributed by atoms with E-state index < -0.39 is 10.0 Å². The lowest BCUT2D eigenvalue weighted by Crippen LogP contribution is -2.33. The molecule has 0 saturated carbocycles. The van der Waals surface area contributed by atoms with E-state index >= 15 is 0 Å². The van der Waals surface area contributed by atoms with Crippen molar-refractivity contribution in [2.24, 2.45) is 0 Å². The molecule has 0 unspecified atom stereocenters. The molecule has 194 valence electrons. The number of carbonyl (C=O) groups excluding carboxylic acids is 1. The highest BCUT2D eigenvalue weighted by atomic mass is 32.2. The van der Waals surface area contributed by atoms with Gasteiger partial charge in [0.1, 0.15) is 5.75 Å². The third kappa shape index (κ3) is 5.98. The van der Waals surface area contributed by atoms with Crippen LogP contribution in [0.5, 0.6) is 5.75 Å². The monoisotopic (exact) mass is 538 g/mol. The largest absolute Gasteiger partial charge is 0.497 e. The molecule has 2 heterocycles. The topological polar surface area (TPSA) is 92.7 Å². The molecule has 0 atom stereocenters. The molecule has 8 nitrogen and oxygen atoms in total. The summed E-state index contributed by atoms with van der Waals surface area (Å²) in [6, 6.07) is 17.2. The number of fused-ring (bicyclic) bond motifs is 1. The van der Waals surface area contributed by atoms with Gasteiger partial charge >= 0.3 is 0 Å². The van der Waals surface area contributed by atoms with Gasteiger partial charge in [-0.3, -0.25) is 14.7 Å². The van der Waals surface area contributed by atoms with E-state index in [-0.39, 0.29) is 17.3 Å². The van der Waals surface area contributed by atoms with Gasteiger partial charge in [-0.2, -0.15) is 4.31 Å². The normalized spacial score (nSPS) is 11.7. The number of rotatable bonds is 11. The van der Waals surface area contributed by atoms with Crippen molar-refractivity contribution in [3.8, 4) is 5.75 Å². The highest BCUT2D eigenvalue weighted by molar-refractivity contribution is 7.89. The zero-order valence-electron chi connectivity index (χ0n) is 21.1. The van der Waals surface area contributed by atoms with Crippen molar-refractivity contribution in [1.29, 1.82) is 0 Å². The van der Waals surface area contributed by atoms with Gasteiger partial charge in [0.05, 0.1) is 34.5 Å². The molecule has 1 amide bonds. The molecule has 0 N–H and O–H groups in total. The average molecular weight is 539 g/mol. The standard InChI is InChI=1S/C27H30N4O4S2/c1-4-16-30(17-5-2)37(33,34)23-12-9-20(10-13-23)26(32)31(19-21-8-6-7-15-28-21)27-29-24-14-11-22(35-3)18-25(24)36-27/h6-15,18H,4-5,16-17,19H2,1-3H3. The van der Waals surface area contributed by atoms with E-state index in [1.54, 1.807) is 30.3 Å². The number of carbonyl (C=O) groups is 1. The Bertz CT molecular complexity index is 1450.